The lowest BCUT2D eigenvalue weighted by atomic mass is 9.93. The first-order valence-corrected chi connectivity index (χ1v) is 8.25. The summed E-state index contributed by atoms with van der Waals surface area (Å²) in [4.78, 5) is 0. The van der Waals surface area contributed by atoms with Gasteiger partial charge in [-0.1, -0.05) is 34.6 Å². The Morgan fingerprint density at radius 3 is 2.43 bits per heavy atom. The maximum atomic E-state index is 5.92. The molecule has 0 aromatic heterocycles. The average Bonchev–Trinajstić information content (AvgIpc) is 2.36. The summed E-state index contributed by atoms with van der Waals surface area (Å²) in [5, 5.41) is 3.41. The number of benzene rings is 1. The first kappa shape index (κ1) is 18.3. The van der Waals surface area contributed by atoms with Crippen LogP contribution in [0, 0.1) is 5.41 Å². The molecule has 1 aromatic rings. The van der Waals surface area contributed by atoms with Crippen LogP contribution >= 0.6 is 15.9 Å². The van der Waals surface area contributed by atoms with Crippen molar-refractivity contribution in [2.45, 2.75) is 53.6 Å². The van der Waals surface area contributed by atoms with Gasteiger partial charge in [0.25, 0.3) is 0 Å². The van der Waals surface area contributed by atoms with Crippen LogP contribution in [0.2, 0.25) is 0 Å². The minimum absolute atomic E-state index is 0.265. The Morgan fingerprint density at radius 2 is 1.90 bits per heavy atom. The second kappa shape index (κ2) is 8.04. The third-order valence-corrected chi connectivity index (χ3v) is 3.69. The van der Waals surface area contributed by atoms with Gasteiger partial charge >= 0.3 is 0 Å². The van der Waals surface area contributed by atoms with E-state index in [2.05, 4.69) is 61.9 Å². The van der Waals surface area contributed by atoms with E-state index < -0.39 is 0 Å². The van der Waals surface area contributed by atoms with Gasteiger partial charge in [-0.15, -0.1) is 0 Å². The SMILES string of the molecule is COc1cc(CNC(C)C)cc(Br)c1OCCC(C)(C)C. The van der Waals surface area contributed by atoms with Gasteiger partial charge in [0.1, 0.15) is 0 Å². The summed E-state index contributed by atoms with van der Waals surface area (Å²) >= 11 is 3.59. The normalized spacial score (nSPS) is 11.8. The van der Waals surface area contributed by atoms with E-state index in [1.165, 1.54) is 5.56 Å². The topological polar surface area (TPSA) is 30.5 Å². The average molecular weight is 358 g/mol. The Morgan fingerprint density at radius 1 is 1.24 bits per heavy atom. The van der Waals surface area contributed by atoms with Gasteiger partial charge in [-0.05, 0) is 45.5 Å². The van der Waals surface area contributed by atoms with Gasteiger partial charge < -0.3 is 14.8 Å². The summed E-state index contributed by atoms with van der Waals surface area (Å²) in [7, 11) is 1.68. The van der Waals surface area contributed by atoms with Gasteiger partial charge in [-0.3, -0.25) is 0 Å². The van der Waals surface area contributed by atoms with Crippen LogP contribution in [0.15, 0.2) is 16.6 Å². The van der Waals surface area contributed by atoms with E-state index in [0.29, 0.717) is 12.6 Å². The van der Waals surface area contributed by atoms with E-state index in [4.69, 9.17) is 9.47 Å². The molecular weight excluding hydrogens is 330 g/mol. The summed E-state index contributed by atoms with van der Waals surface area (Å²) < 4.78 is 12.3. The lowest BCUT2D eigenvalue weighted by Crippen LogP contribution is -2.21. The molecule has 1 rings (SSSR count). The number of hydrogen-bond donors (Lipinski definition) is 1. The molecule has 0 heterocycles. The Balaban J connectivity index is 2.79. The highest BCUT2D eigenvalue weighted by Gasteiger charge is 2.14. The Hall–Kier alpha value is -0.740. The van der Waals surface area contributed by atoms with Crippen molar-refractivity contribution in [3.8, 4) is 11.5 Å². The molecule has 120 valence electrons. The third-order valence-electron chi connectivity index (χ3n) is 3.10. The zero-order valence-electron chi connectivity index (χ0n) is 14.0. The molecule has 1 N–H and O–H groups in total. The first-order valence-electron chi connectivity index (χ1n) is 7.45. The molecule has 0 bridgehead atoms. The maximum absolute atomic E-state index is 5.92. The predicted molar refractivity (Wildman–Crippen MR) is 92.2 cm³/mol. The maximum Gasteiger partial charge on any atom is 0.175 e. The summed E-state index contributed by atoms with van der Waals surface area (Å²) in [5.74, 6) is 1.56. The van der Waals surface area contributed by atoms with Gasteiger partial charge in [0.15, 0.2) is 11.5 Å². The molecule has 4 heteroatoms. The summed E-state index contributed by atoms with van der Waals surface area (Å²) in [6.07, 6.45) is 0.999. The molecule has 0 fully saturated rings. The molecule has 0 saturated heterocycles. The van der Waals surface area contributed by atoms with Crippen LogP contribution in [0.1, 0.15) is 46.6 Å². The molecule has 0 radical (unpaired) electrons. The molecule has 0 aliphatic carbocycles. The molecule has 0 atom stereocenters. The number of ether oxygens (including phenoxy) is 2. The minimum atomic E-state index is 0.265. The molecule has 0 aliphatic heterocycles. The Bertz CT molecular complexity index is 453. The van der Waals surface area contributed by atoms with Crippen molar-refractivity contribution in [2.24, 2.45) is 5.41 Å². The molecular formula is C17H28BrNO2. The van der Waals surface area contributed by atoms with Crippen molar-refractivity contribution in [3.63, 3.8) is 0 Å². The predicted octanol–water partition coefficient (Wildman–Crippen LogP) is 4.77. The lowest BCUT2D eigenvalue weighted by molar-refractivity contribution is 0.233. The smallest absolute Gasteiger partial charge is 0.175 e. The van der Waals surface area contributed by atoms with Crippen molar-refractivity contribution >= 4 is 15.9 Å². The van der Waals surface area contributed by atoms with Crippen LogP contribution in [0.3, 0.4) is 0 Å². The molecule has 1 aromatic carbocycles. The van der Waals surface area contributed by atoms with Crippen LogP contribution in [0.5, 0.6) is 11.5 Å². The Kier molecular flexibility index (Phi) is 7.01. The number of methoxy groups -OCH3 is 1. The molecule has 21 heavy (non-hydrogen) atoms. The molecule has 0 spiro atoms. The van der Waals surface area contributed by atoms with Crippen LogP contribution in [0.4, 0.5) is 0 Å². The number of hydrogen-bond acceptors (Lipinski definition) is 3. The fourth-order valence-corrected chi connectivity index (χ4v) is 2.40. The molecule has 0 amide bonds. The Labute approximate surface area is 137 Å². The summed E-state index contributed by atoms with van der Waals surface area (Å²) in [6.45, 7) is 12.4. The number of rotatable bonds is 7. The van der Waals surface area contributed by atoms with Crippen molar-refractivity contribution in [1.82, 2.24) is 5.32 Å². The largest absolute Gasteiger partial charge is 0.493 e. The van der Waals surface area contributed by atoms with Crippen molar-refractivity contribution in [3.05, 3.63) is 22.2 Å². The number of halogens is 1. The van der Waals surface area contributed by atoms with Crippen LogP contribution in [-0.4, -0.2) is 19.8 Å². The second-order valence-electron chi connectivity index (χ2n) is 6.80. The second-order valence-corrected chi connectivity index (χ2v) is 7.66. The van der Waals surface area contributed by atoms with Gasteiger partial charge in [0.2, 0.25) is 0 Å². The van der Waals surface area contributed by atoms with E-state index in [9.17, 15) is 0 Å². The van der Waals surface area contributed by atoms with Gasteiger partial charge in [-0.25, -0.2) is 0 Å². The van der Waals surface area contributed by atoms with Crippen LogP contribution in [-0.2, 0) is 6.54 Å². The lowest BCUT2D eigenvalue weighted by Gasteiger charge is -2.20. The number of nitrogens with one attached hydrogen (secondary N) is 1. The monoisotopic (exact) mass is 357 g/mol. The fourth-order valence-electron chi connectivity index (χ4n) is 1.80. The highest BCUT2D eigenvalue weighted by molar-refractivity contribution is 9.10. The highest BCUT2D eigenvalue weighted by Crippen LogP contribution is 2.37. The van der Waals surface area contributed by atoms with Crippen molar-refractivity contribution in [2.75, 3.05) is 13.7 Å². The first-order chi connectivity index (χ1) is 9.73. The van der Waals surface area contributed by atoms with Gasteiger partial charge in [-0.2, -0.15) is 0 Å². The molecule has 0 saturated carbocycles. The van der Waals surface area contributed by atoms with Crippen molar-refractivity contribution in [1.29, 1.82) is 0 Å². The third kappa shape index (κ3) is 6.70. The summed E-state index contributed by atoms with van der Waals surface area (Å²) in [6, 6.07) is 4.58. The van der Waals surface area contributed by atoms with Crippen LogP contribution in [0.25, 0.3) is 0 Å². The van der Waals surface area contributed by atoms with E-state index in [1.54, 1.807) is 7.11 Å². The standard InChI is InChI=1S/C17H28BrNO2/c1-12(2)19-11-13-9-14(18)16(15(10-13)20-6)21-8-7-17(3,4)5/h9-10,12,19H,7-8,11H2,1-6H3. The van der Waals surface area contributed by atoms with Crippen LogP contribution < -0.4 is 14.8 Å². The van der Waals surface area contributed by atoms with Crippen molar-refractivity contribution < 1.29 is 9.47 Å². The van der Waals surface area contributed by atoms with E-state index in [0.717, 1.165) is 28.9 Å². The minimum Gasteiger partial charge on any atom is -0.493 e. The van der Waals surface area contributed by atoms with E-state index in [-0.39, 0.29) is 5.41 Å². The van der Waals surface area contributed by atoms with E-state index >= 15 is 0 Å². The van der Waals surface area contributed by atoms with Gasteiger partial charge in [0, 0.05) is 12.6 Å². The highest BCUT2D eigenvalue weighted by atomic mass is 79.9. The van der Waals surface area contributed by atoms with E-state index in [1.807, 2.05) is 6.07 Å². The quantitative estimate of drug-likeness (QED) is 0.762. The fraction of sp³-hybridized carbons (Fsp3) is 0.647. The molecule has 0 unspecified atom stereocenters. The zero-order valence-corrected chi connectivity index (χ0v) is 15.6. The summed E-state index contributed by atoms with van der Waals surface area (Å²) in [5.41, 5.74) is 1.44. The molecule has 3 nitrogen and oxygen atoms in total. The van der Waals surface area contributed by atoms with Gasteiger partial charge in [0.05, 0.1) is 18.2 Å². The zero-order chi connectivity index (χ0) is 16.0. The molecule has 0 aliphatic rings.